The van der Waals surface area contributed by atoms with Crippen LogP contribution in [0.1, 0.15) is 31.1 Å². The maximum Gasteiger partial charge on any atom is 0.337 e. The molecule has 0 fully saturated rings. The van der Waals surface area contributed by atoms with Gasteiger partial charge in [0.05, 0.1) is 42.7 Å². The molecule has 1 aromatic heterocycles. The highest BCUT2D eigenvalue weighted by Crippen LogP contribution is 2.19. The van der Waals surface area contributed by atoms with Gasteiger partial charge in [0.25, 0.3) is 5.91 Å². The van der Waals surface area contributed by atoms with Crippen LogP contribution in [0.3, 0.4) is 0 Å². The van der Waals surface area contributed by atoms with E-state index in [1.54, 1.807) is 18.2 Å². The predicted octanol–water partition coefficient (Wildman–Crippen LogP) is 2.39. The van der Waals surface area contributed by atoms with Crippen LogP contribution in [0.25, 0.3) is 11.0 Å². The number of esters is 2. The van der Waals surface area contributed by atoms with E-state index in [1.165, 1.54) is 38.7 Å². The molecule has 0 aliphatic heterocycles. The molecule has 8 nitrogen and oxygen atoms in total. The highest BCUT2D eigenvalue weighted by molar-refractivity contribution is 6.07. The maximum absolute atomic E-state index is 12.5. The Kier molecular flexibility index (Phi) is 4.66. The summed E-state index contributed by atoms with van der Waals surface area (Å²) in [6.07, 6.45) is 1.54. The van der Waals surface area contributed by atoms with Gasteiger partial charge in [-0.05, 0) is 36.4 Å². The molecule has 3 aromatic rings. The van der Waals surface area contributed by atoms with Gasteiger partial charge in [0.2, 0.25) is 0 Å². The quantitative estimate of drug-likeness (QED) is 0.697. The number of rotatable bonds is 4. The Labute approximate surface area is 148 Å². The largest absolute Gasteiger partial charge is 0.465 e. The van der Waals surface area contributed by atoms with E-state index in [-0.39, 0.29) is 16.8 Å². The van der Waals surface area contributed by atoms with Crippen LogP contribution < -0.4 is 5.32 Å². The van der Waals surface area contributed by atoms with Crippen LogP contribution in [-0.2, 0) is 9.47 Å². The van der Waals surface area contributed by atoms with E-state index in [0.717, 1.165) is 11.0 Å². The van der Waals surface area contributed by atoms with Crippen molar-refractivity contribution in [3.05, 3.63) is 59.4 Å². The molecule has 0 radical (unpaired) electrons. The lowest BCUT2D eigenvalue weighted by Crippen LogP contribution is -2.14. The van der Waals surface area contributed by atoms with E-state index in [4.69, 9.17) is 0 Å². The number of aromatic nitrogens is 2. The molecule has 1 heterocycles. The Morgan fingerprint density at radius 1 is 0.923 bits per heavy atom. The number of ether oxygens (including phenoxy) is 2. The van der Waals surface area contributed by atoms with Crippen molar-refractivity contribution in [3.8, 4) is 0 Å². The number of nitrogens with zero attached hydrogens (tertiary/aromatic N) is 1. The first-order valence-corrected chi connectivity index (χ1v) is 7.58. The number of nitrogens with one attached hydrogen (secondary N) is 2. The molecule has 0 saturated carbocycles. The summed E-state index contributed by atoms with van der Waals surface area (Å²) in [5, 5.41) is 2.67. The normalized spacial score (nSPS) is 10.4. The first kappa shape index (κ1) is 17.2. The fraction of sp³-hybridized carbons (Fsp3) is 0.111. The van der Waals surface area contributed by atoms with E-state index >= 15 is 0 Å². The van der Waals surface area contributed by atoms with Crippen molar-refractivity contribution < 1.29 is 23.9 Å². The van der Waals surface area contributed by atoms with E-state index < -0.39 is 17.8 Å². The van der Waals surface area contributed by atoms with Gasteiger partial charge >= 0.3 is 11.9 Å². The molecule has 2 N–H and O–H groups in total. The smallest absolute Gasteiger partial charge is 0.337 e. The molecule has 0 atom stereocenters. The number of amides is 1. The van der Waals surface area contributed by atoms with Crippen LogP contribution in [0.15, 0.2) is 42.7 Å². The van der Waals surface area contributed by atoms with Crippen LogP contribution in [0.4, 0.5) is 5.69 Å². The lowest BCUT2D eigenvalue weighted by molar-refractivity contribution is 0.0599. The number of benzene rings is 2. The fourth-order valence-electron chi connectivity index (χ4n) is 2.45. The molecule has 1 amide bonds. The number of hydrogen-bond acceptors (Lipinski definition) is 6. The first-order chi connectivity index (χ1) is 12.5. The van der Waals surface area contributed by atoms with E-state index in [9.17, 15) is 14.4 Å². The summed E-state index contributed by atoms with van der Waals surface area (Å²) in [5.74, 6) is -1.67. The second-order valence-corrected chi connectivity index (χ2v) is 5.37. The molecule has 0 bridgehead atoms. The number of carbonyl (C=O) groups excluding carboxylic acids is 3. The maximum atomic E-state index is 12.5. The molecule has 3 rings (SSSR count). The molecule has 2 aromatic carbocycles. The third kappa shape index (κ3) is 3.39. The minimum Gasteiger partial charge on any atom is -0.465 e. The van der Waals surface area contributed by atoms with Crippen molar-refractivity contribution in [3.63, 3.8) is 0 Å². The number of methoxy groups -OCH3 is 2. The molecule has 8 heteroatoms. The summed E-state index contributed by atoms with van der Waals surface area (Å²) in [5.41, 5.74) is 2.36. The Morgan fingerprint density at radius 3 is 2.19 bits per heavy atom. The lowest BCUT2D eigenvalue weighted by atomic mass is 10.1. The second-order valence-electron chi connectivity index (χ2n) is 5.37. The number of anilines is 1. The number of fused-ring (bicyclic) bond motifs is 1. The van der Waals surface area contributed by atoms with Crippen molar-refractivity contribution in [2.75, 3.05) is 19.5 Å². The average molecular weight is 353 g/mol. The second kappa shape index (κ2) is 7.06. The molecule has 132 valence electrons. The topological polar surface area (TPSA) is 110 Å². The Morgan fingerprint density at radius 2 is 1.58 bits per heavy atom. The van der Waals surface area contributed by atoms with Gasteiger partial charge in [-0.25, -0.2) is 14.6 Å². The molecule has 0 aliphatic carbocycles. The molecular formula is C18H15N3O5. The van der Waals surface area contributed by atoms with Gasteiger partial charge in [0.15, 0.2) is 0 Å². The summed E-state index contributed by atoms with van der Waals surface area (Å²) in [4.78, 5) is 43.1. The van der Waals surface area contributed by atoms with E-state index in [1.807, 2.05) is 0 Å². The Hall–Kier alpha value is -3.68. The number of carbonyl (C=O) groups is 3. The van der Waals surface area contributed by atoms with Gasteiger partial charge in [-0.1, -0.05) is 0 Å². The molecule has 26 heavy (non-hydrogen) atoms. The summed E-state index contributed by atoms with van der Waals surface area (Å²) in [6.45, 7) is 0. The fourth-order valence-corrected chi connectivity index (χ4v) is 2.45. The molecule has 0 aliphatic rings. The van der Waals surface area contributed by atoms with Gasteiger partial charge in [-0.15, -0.1) is 0 Å². The zero-order valence-electron chi connectivity index (χ0n) is 14.0. The number of imidazole rings is 1. The van der Waals surface area contributed by atoms with Gasteiger partial charge in [-0.2, -0.15) is 0 Å². The van der Waals surface area contributed by atoms with Crippen LogP contribution in [0.2, 0.25) is 0 Å². The number of aromatic amines is 1. The van der Waals surface area contributed by atoms with E-state index in [0.29, 0.717) is 5.56 Å². The third-order valence-corrected chi connectivity index (χ3v) is 3.72. The standard InChI is InChI=1S/C18H15N3O5/c1-25-17(23)11-5-12(18(24)26-2)7-13(6-11)21-16(22)10-3-4-14-15(8-10)20-9-19-14/h3-9H,1-2H3,(H,19,20)(H,21,22). The monoisotopic (exact) mass is 353 g/mol. The minimum absolute atomic E-state index is 0.120. The number of H-pyrrole nitrogens is 1. The van der Waals surface area contributed by atoms with Crippen molar-refractivity contribution in [1.82, 2.24) is 9.97 Å². The predicted molar refractivity (Wildman–Crippen MR) is 93.2 cm³/mol. The van der Waals surface area contributed by atoms with E-state index in [2.05, 4.69) is 24.8 Å². The van der Waals surface area contributed by atoms with Crippen molar-refractivity contribution in [2.24, 2.45) is 0 Å². The Bertz CT molecular complexity index is 975. The van der Waals surface area contributed by atoms with Gasteiger partial charge in [0.1, 0.15) is 0 Å². The summed E-state index contributed by atoms with van der Waals surface area (Å²) < 4.78 is 9.35. The summed E-state index contributed by atoms with van der Waals surface area (Å²) >= 11 is 0. The summed E-state index contributed by atoms with van der Waals surface area (Å²) in [7, 11) is 2.45. The summed E-state index contributed by atoms with van der Waals surface area (Å²) in [6, 6.07) is 9.18. The van der Waals surface area contributed by atoms with Crippen molar-refractivity contribution >= 4 is 34.6 Å². The SMILES string of the molecule is COC(=O)c1cc(NC(=O)c2ccc3nc[nH]c3c2)cc(C(=O)OC)c1. The van der Waals surface area contributed by atoms with Crippen LogP contribution in [0.5, 0.6) is 0 Å². The van der Waals surface area contributed by atoms with Crippen LogP contribution >= 0.6 is 0 Å². The van der Waals surface area contributed by atoms with Gasteiger partial charge < -0.3 is 19.8 Å². The molecule has 0 unspecified atom stereocenters. The minimum atomic E-state index is -0.634. The highest BCUT2D eigenvalue weighted by atomic mass is 16.5. The zero-order valence-corrected chi connectivity index (χ0v) is 14.0. The average Bonchev–Trinajstić information content (AvgIpc) is 3.14. The highest BCUT2D eigenvalue weighted by Gasteiger charge is 2.16. The van der Waals surface area contributed by atoms with Crippen LogP contribution in [0, 0.1) is 0 Å². The molecule has 0 spiro atoms. The zero-order chi connectivity index (χ0) is 18.7. The lowest BCUT2D eigenvalue weighted by Gasteiger charge is -2.09. The van der Waals surface area contributed by atoms with Crippen LogP contribution in [-0.4, -0.2) is 42.0 Å². The Balaban J connectivity index is 1.93. The molecular weight excluding hydrogens is 338 g/mol. The van der Waals surface area contributed by atoms with Crippen molar-refractivity contribution in [1.29, 1.82) is 0 Å². The number of hydrogen-bond donors (Lipinski definition) is 2. The van der Waals surface area contributed by atoms with Gasteiger partial charge in [0, 0.05) is 11.3 Å². The molecule has 0 saturated heterocycles. The van der Waals surface area contributed by atoms with Crippen molar-refractivity contribution in [2.45, 2.75) is 0 Å². The van der Waals surface area contributed by atoms with Gasteiger partial charge in [-0.3, -0.25) is 4.79 Å². The first-order valence-electron chi connectivity index (χ1n) is 7.58. The third-order valence-electron chi connectivity index (χ3n) is 3.72.